The normalized spacial score (nSPS) is 12.7. The Labute approximate surface area is 162 Å². The van der Waals surface area contributed by atoms with Crippen molar-refractivity contribution in [3.8, 4) is 5.75 Å². The molecule has 0 heterocycles. The molecule has 0 spiro atoms. The van der Waals surface area contributed by atoms with Crippen molar-refractivity contribution in [2.75, 3.05) is 19.7 Å². The number of carbonyl (C=O) groups excluding carboxylic acids is 1. The number of hydrogen-bond acceptors (Lipinski definition) is 4. The van der Waals surface area contributed by atoms with Gasteiger partial charge in [-0.3, -0.25) is 4.79 Å². The van der Waals surface area contributed by atoms with E-state index < -0.39 is 6.10 Å². The fourth-order valence-electron chi connectivity index (χ4n) is 2.28. The number of β-amino-alcohol motifs (C(OH)–C–C–N with tert-alkyl or cyclic N) is 1. The van der Waals surface area contributed by atoms with Crippen molar-refractivity contribution in [2.45, 2.75) is 65.0 Å². The SMILES string of the molecule is CCCCCCNC(=O)c1ccc(OCC(O)CNC(C)(C)C)c(Cl)c1. The van der Waals surface area contributed by atoms with Crippen LogP contribution in [0.4, 0.5) is 0 Å². The molecule has 1 atom stereocenters. The molecule has 0 radical (unpaired) electrons. The van der Waals surface area contributed by atoms with E-state index in [9.17, 15) is 9.90 Å². The maximum absolute atomic E-state index is 12.1. The first-order valence-electron chi connectivity index (χ1n) is 9.36. The summed E-state index contributed by atoms with van der Waals surface area (Å²) in [6, 6.07) is 4.94. The Bertz CT molecular complexity index is 558. The van der Waals surface area contributed by atoms with Gasteiger partial charge in [-0.25, -0.2) is 0 Å². The second-order valence-electron chi connectivity index (χ2n) is 7.56. The number of benzene rings is 1. The first kappa shape index (κ1) is 22.7. The average molecular weight is 385 g/mol. The first-order valence-corrected chi connectivity index (χ1v) is 9.74. The fourth-order valence-corrected chi connectivity index (χ4v) is 2.52. The third-order valence-corrected chi connectivity index (χ3v) is 4.10. The molecule has 1 aromatic rings. The Balaban J connectivity index is 2.44. The third kappa shape index (κ3) is 9.41. The van der Waals surface area contributed by atoms with Gasteiger partial charge in [0.15, 0.2) is 0 Å². The number of amides is 1. The number of hydrogen-bond donors (Lipinski definition) is 3. The van der Waals surface area contributed by atoms with Crippen LogP contribution in [0.5, 0.6) is 5.75 Å². The molecule has 0 fully saturated rings. The molecule has 1 unspecified atom stereocenters. The molecule has 0 aliphatic heterocycles. The molecule has 1 aromatic carbocycles. The van der Waals surface area contributed by atoms with Crippen LogP contribution < -0.4 is 15.4 Å². The largest absolute Gasteiger partial charge is 0.489 e. The second kappa shape index (κ2) is 11.4. The molecular weight excluding hydrogens is 352 g/mol. The summed E-state index contributed by atoms with van der Waals surface area (Å²) in [5.41, 5.74) is 0.442. The van der Waals surface area contributed by atoms with Gasteiger partial charge in [0, 0.05) is 24.2 Å². The smallest absolute Gasteiger partial charge is 0.251 e. The standard InChI is InChI=1S/C20H33ClN2O3/c1-5-6-7-8-11-22-19(25)15-9-10-18(17(21)12-15)26-14-16(24)13-23-20(2,3)4/h9-10,12,16,23-24H,5-8,11,13-14H2,1-4H3,(H,22,25). The van der Waals surface area contributed by atoms with Crippen LogP contribution in [0, 0.1) is 0 Å². The molecule has 1 rings (SSSR count). The lowest BCUT2D eigenvalue weighted by Crippen LogP contribution is -2.42. The lowest BCUT2D eigenvalue weighted by atomic mass is 10.1. The van der Waals surface area contributed by atoms with Crippen molar-refractivity contribution in [3.05, 3.63) is 28.8 Å². The minimum atomic E-state index is -0.642. The summed E-state index contributed by atoms with van der Waals surface area (Å²) in [6.07, 6.45) is 3.82. The minimum Gasteiger partial charge on any atom is -0.489 e. The molecule has 26 heavy (non-hydrogen) atoms. The second-order valence-corrected chi connectivity index (χ2v) is 7.96. The number of rotatable bonds is 11. The van der Waals surface area contributed by atoms with E-state index in [1.54, 1.807) is 18.2 Å². The van der Waals surface area contributed by atoms with Gasteiger partial charge in [-0.05, 0) is 45.4 Å². The molecule has 1 amide bonds. The zero-order valence-corrected chi connectivity index (χ0v) is 17.2. The van der Waals surface area contributed by atoms with Crippen LogP contribution in [-0.4, -0.2) is 42.4 Å². The molecule has 6 heteroatoms. The van der Waals surface area contributed by atoms with Gasteiger partial charge in [-0.15, -0.1) is 0 Å². The van der Waals surface area contributed by atoms with Gasteiger partial charge in [-0.2, -0.15) is 0 Å². The molecular formula is C20H33ClN2O3. The fraction of sp³-hybridized carbons (Fsp3) is 0.650. The van der Waals surface area contributed by atoms with E-state index in [-0.39, 0.29) is 18.1 Å². The molecule has 3 N–H and O–H groups in total. The topological polar surface area (TPSA) is 70.6 Å². The Hall–Kier alpha value is -1.30. The molecule has 5 nitrogen and oxygen atoms in total. The molecule has 0 aliphatic rings. The van der Waals surface area contributed by atoms with E-state index in [0.29, 0.717) is 29.4 Å². The van der Waals surface area contributed by atoms with Crippen LogP contribution in [0.2, 0.25) is 5.02 Å². The average Bonchev–Trinajstić information content (AvgIpc) is 2.57. The zero-order valence-electron chi connectivity index (χ0n) is 16.4. The quantitative estimate of drug-likeness (QED) is 0.508. The van der Waals surface area contributed by atoms with E-state index in [2.05, 4.69) is 17.6 Å². The number of nitrogens with one attached hydrogen (secondary N) is 2. The van der Waals surface area contributed by atoms with Crippen molar-refractivity contribution in [1.82, 2.24) is 10.6 Å². The van der Waals surface area contributed by atoms with Gasteiger partial charge in [-0.1, -0.05) is 37.8 Å². The van der Waals surface area contributed by atoms with Crippen molar-refractivity contribution in [1.29, 1.82) is 0 Å². The molecule has 0 saturated heterocycles. The summed E-state index contributed by atoms with van der Waals surface area (Å²) < 4.78 is 5.57. The minimum absolute atomic E-state index is 0.0653. The first-order chi connectivity index (χ1) is 12.2. The lowest BCUT2D eigenvalue weighted by molar-refractivity contribution is 0.0951. The Morgan fingerprint density at radius 1 is 1.27 bits per heavy atom. The van der Waals surface area contributed by atoms with Crippen LogP contribution in [0.25, 0.3) is 0 Å². The molecule has 0 aromatic heterocycles. The van der Waals surface area contributed by atoms with Crippen molar-refractivity contribution < 1.29 is 14.6 Å². The molecule has 0 saturated carbocycles. The monoisotopic (exact) mass is 384 g/mol. The number of aliphatic hydroxyl groups is 1. The highest BCUT2D eigenvalue weighted by Gasteiger charge is 2.14. The number of halogens is 1. The molecule has 0 aliphatic carbocycles. The number of aliphatic hydroxyl groups excluding tert-OH is 1. The van der Waals surface area contributed by atoms with Crippen molar-refractivity contribution in [2.24, 2.45) is 0 Å². The van der Waals surface area contributed by atoms with Gasteiger partial charge in [0.25, 0.3) is 5.91 Å². The van der Waals surface area contributed by atoms with E-state index in [1.165, 1.54) is 12.8 Å². The van der Waals surface area contributed by atoms with Gasteiger partial charge >= 0.3 is 0 Å². The number of unbranched alkanes of at least 4 members (excludes halogenated alkanes) is 3. The summed E-state index contributed by atoms with van der Waals surface area (Å²) in [5.74, 6) is 0.324. The molecule has 148 valence electrons. The highest BCUT2D eigenvalue weighted by molar-refractivity contribution is 6.32. The summed E-state index contributed by atoms with van der Waals surface area (Å²) >= 11 is 6.21. The molecule has 0 bridgehead atoms. The summed E-state index contributed by atoms with van der Waals surface area (Å²) in [5, 5.41) is 16.4. The van der Waals surface area contributed by atoms with Crippen LogP contribution in [-0.2, 0) is 0 Å². The Kier molecular flexibility index (Phi) is 9.99. The van der Waals surface area contributed by atoms with Gasteiger partial charge in [0.1, 0.15) is 18.5 Å². The van der Waals surface area contributed by atoms with Crippen LogP contribution in [0.3, 0.4) is 0 Å². The summed E-state index contributed by atoms with van der Waals surface area (Å²) in [7, 11) is 0. The van der Waals surface area contributed by atoms with Crippen LogP contribution in [0.1, 0.15) is 63.7 Å². The predicted octanol–water partition coefficient (Wildman–Crippen LogP) is 3.78. The zero-order chi connectivity index (χ0) is 19.6. The van der Waals surface area contributed by atoms with E-state index in [0.717, 1.165) is 12.8 Å². The van der Waals surface area contributed by atoms with Crippen LogP contribution in [0.15, 0.2) is 18.2 Å². The van der Waals surface area contributed by atoms with Gasteiger partial charge in [0.05, 0.1) is 5.02 Å². The predicted molar refractivity (Wildman–Crippen MR) is 107 cm³/mol. The highest BCUT2D eigenvalue weighted by Crippen LogP contribution is 2.25. The van der Waals surface area contributed by atoms with Gasteiger partial charge < -0.3 is 20.5 Å². The van der Waals surface area contributed by atoms with Crippen molar-refractivity contribution in [3.63, 3.8) is 0 Å². The Morgan fingerprint density at radius 3 is 2.62 bits per heavy atom. The van der Waals surface area contributed by atoms with E-state index in [1.807, 2.05) is 20.8 Å². The lowest BCUT2D eigenvalue weighted by Gasteiger charge is -2.23. The maximum Gasteiger partial charge on any atom is 0.251 e. The van der Waals surface area contributed by atoms with Crippen LogP contribution >= 0.6 is 11.6 Å². The van der Waals surface area contributed by atoms with Gasteiger partial charge in [0.2, 0.25) is 0 Å². The summed E-state index contributed by atoms with van der Waals surface area (Å²) in [4.78, 5) is 12.1. The number of carbonyl (C=O) groups is 1. The maximum atomic E-state index is 12.1. The third-order valence-electron chi connectivity index (χ3n) is 3.81. The summed E-state index contributed by atoms with van der Waals surface area (Å²) in [6.45, 7) is 9.48. The Morgan fingerprint density at radius 2 is 2.00 bits per heavy atom. The van der Waals surface area contributed by atoms with E-state index >= 15 is 0 Å². The number of ether oxygens (including phenoxy) is 1. The van der Waals surface area contributed by atoms with E-state index in [4.69, 9.17) is 16.3 Å². The van der Waals surface area contributed by atoms with Crippen molar-refractivity contribution >= 4 is 17.5 Å². The highest BCUT2D eigenvalue weighted by atomic mass is 35.5.